The van der Waals surface area contributed by atoms with Gasteiger partial charge in [0.1, 0.15) is 17.2 Å². The summed E-state index contributed by atoms with van der Waals surface area (Å²) in [6.07, 6.45) is 0. The molecule has 3 rings (SSSR count). The number of hydrogen-bond donors (Lipinski definition) is 3. The summed E-state index contributed by atoms with van der Waals surface area (Å²) in [6, 6.07) is 12.1. The Hall–Kier alpha value is -3.88. The second-order valence-corrected chi connectivity index (χ2v) is 5.31. The van der Waals surface area contributed by atoms with Gasteiger partial charge < -0.3 is 15.2 Å². The summed E-state index contributed by atoms with van der Waals surface area (Å²) >= 11 is 0. The fourth-order valence-electron chi connectivity index (χ4n) is 2.30. The zero-order chi connectivity index (χ0) is 18.7. The van der Waals surface area contributed by atoms with E-state index in [0.717, 1.165) is 11.6 Å². The molecule has 9 nitrogen and oxygen atoms in total. The van der Waals surface area contributed by atoms with Crippen LogP contribution in [0.3, 0.4) is 0 Å². The summed E-state index contributed by atoms with van der Waals surface area (Å²) in [5.41, 5.74) is 1.25. The highest BCUT2D eigenvalue weighted by atomic mass is 16.6. The van der Waals surface area contributed by atoms with Crippen LogP contribution in [0.1, 0.15) is 10.5 Å². The molecule has 2 aromatic carbocycles. The predicted octanol–water partition coefficient (Wildman–Crippen LogP) is 2.95. The molecule has 0 bridgehead atoms. The number of H-pyrrole nitrogens is 1. The van der Waals surface area contributed by atoms with Crippen LogP contribution in [0, 0.1) is 10.1 Å². The summed E-state index contributed by atoms with van der Waals surface area (Å²) < 4.78 is 5.16. The van der Waals surface area contributed by atoms with E-state index in [1.165, 1.54) is 12.1 Å². The normalized spacial score (nSPS) is 10.3. The number of anilines is 1. The van der Waals surface area contributed by atoms with Crippen molar-refractivity contribution in [3.63, 3.8) is 0 Å². The zero-order valence-corrected chi connectivity index (χ0v) is 13.6. The van der Waals surface area contributed by atoms with E-state index in [1.807, 2.05) is 6.07 Å². The number of nitro benzene ring substituents is 1. The Morgan fingerprint density at radius 3 is 2.77 bits per heavy atom. The summed E-state index contributed by atoms with van der Waals surface area (Å²) in [7, 11) is 1.55. The molecule has 0 atom stereocenters. The van der Waals surface area contributed by atoms with Gasteiger partial charge in [-0.05, 0) is 24.3 Å². The van der Waals surface area contributed by atoms with E-state index in [2.05, 4.69) is 15.5 Å². The molecule has 0 aliphatic carbocycles. The topological polar surface area (TPSA) is 130 Å². The van der Waals surface area contributed by atoms with Crippen molar-refractivity contribution in [2.45, 2.75) is 0 Å². The maximum absolute atomic E-state index is 12.3. The van der Waals surface area contributed by atoms with Crippen LogP contribution in [-0.2, 0) is 0 Å². The first-order chi connectivity index (χ1) is 12.5. The van der Waals surface area contributed by atoms with Crippen molar-refractivity contribution in [1.82, 2.24) is 10.2 Å². The second kappa shape index (κ2) is 6.93. The lowest BCUT2D eigenvalue weighted by molar-refractivity contribution is -0.384. The van der Waals surface area contributed by atoms with Gasteiger partial charge in [-0.2, -0.15) is 5.10 Å². The van der Waals surface area contributed by atoms with E-state index in [1.54, 1.807) is 31.4 Å². The Morgan fingerprint density at radius 1 is 1.27 bits per heavy atom. The molecule has 3 aromatic rings. The Bertz CT molecular complexity index is 983. The number of nitrogens with zero attached hydrogens (tertiary/aromatic N) is 2. The molecular formula is C17H14N4O5. The quantitative estimate of drug-likeness (QED) is 0.367. The molecule has 0 radical (unpaired) electrons. The van der Waals surface area contributed by atoms with Crippen LogP contribution < -0.4 is 10.1 Å². The van der Waals surface area contributed by atoms with Crippen LogP contribution in [0.25, 0.3) is 11.3 Å². The standard InChI is InChI=1S/C17H14N4O5/c1-26-12-4-2-3-10(7-12)14-9-15(20-19-14)17(23)18-13-6-5-11(21(24)25)8-16(13)22/h2-9,22H,1H3,(H,18,23)(H,19,20). The van der Waals surface area contributed by atoms with E-state index < -0.39 is 16.6 Å². The minimum Gasteiger partial charge on any atom is -0.506 e. The van der Waals surface area contributed by atoms with Gasteiger partial charge >= 0.3 is 0 Å². The summed E-state index contributed by atoms with van der Waals surface area (Å²) in [5.74, 6) is -0.289. The fourth-order valence-corrected chi connectivity index (χ4v) is 2.30. The number of non-ortho nitro benzene ring substituents is 1. The zero-order valence-electron chi connectivity index (χ0n) is 13.6. The Balaban J connectivity index is 1.79. The van der Waals surface area contributed by atoms with Crippen LogP contribution in [-0.4, -0.2) is 33.2 Å². The molecule has 0 unspecified atom stereocenters. The SMILES string of the molecule is COc1cccc(-c2cc(C(=O)Nc3ccc([N+](=O)[O-])cc3O)[nH]n2)c1. The largest absolute Gasteiger partial charge is 0.506 e. The van der Waals surface area contributed by atoms with Crippen molar-refractivity contribution in [2.75, 3.05) is 12.4 Å². The third-order valence-corrected chi connectivity index (χ3v) is 3.63. The van der Waals surface area contributed by atoms with E-state index in [9.17, 15) is 20.0 Å². The average Bonchev–Trinajstić information content (AvgIpc) is 3.13. The van der Waals surface area contributed by atoms with Crippen molar-refractivity contribution in [2.24, 2.45) is 0 Å². The highest BCUT2D eigenvalue weighted by Crippen LogP contribution is 2.28. The number of methoxy groups -OCH3 is 1. The average molecular weight is 354 g/mol. The number of nitro groups is 1. The van der Waals surface area contributed by atoms with E-state index in [4.69, 9.17) is 4.74 Å². The highest BCUT2D eigenvalue weighted by molar-refractivity contribution is 6.04. The van der Waals surface area contributed by atoms with Crippen LogP contribution in [0.4, 0.5) is 11.4 Å². The number of aromatic nitrogens is 2. The third-order valence-electron chi connectivity index (χ3n) is 3.63. The molecule has 3 N–H and O–H groups in total. The molecule has 1 aromatic heterocycles. The maximum atomic E-state index is 12.3. The van der Waals surface area contributed by atoms with E-state index in [0.29, 0.717) is 11.4 Å². The molecule has 9 heteroatoms. The second-order valence-electron chi connectivity index (χ2n) is 5.31. The number of aromatic amines is 1. The van der Waals surface area contributed by atoms with Gasteiger partial charge in [0.25, 0.3) is 11.6 Å². The lowest BCUT2D eigenvalue weighted by atomic mass is 10.1. The molecule has 1 heterocycles. The molecular weight excluding hydrogens is 340 g/mol. The molecule has 0 saturated heterocycles. The first-order valence-corrected chi connectivity index (χ1v) is 7.46. The number of carbonyl (C=O) groups is 1. The van der Waals surface area contributed by atoms with Crippen LogP contribution in [0.5, 0.6) is 11.5 Å². The van der Waals surface area contributed by atoms with Gasteiger partial charge in [0.2, 0.25) is 0 Å². The van der Waals surface area contributed by atoms with Crippen molar-refractivity contribution in [1.29, 1.82) is 0 Å². The van der Waals surface area contributed by atoms with Gasteiger partial charge in [0, 0.05) is 11.6 Å². The van der Waals surface area contributed by atoms with Crippen molar-refractivity contribution < 1.29 is 19.6 Å². The number of benzene rings is 2. The lowest BCUT2D eigenvalue weighted by Gasteiger charge is -2.05. The van der Waals surface area contributed by atoms with Gasteiger partial charge in [0.15, 0.2) is 0 Å². The number of rotatable bonds is 5. The predicted molar refractivity (Wildman–Crippen MR) is 93.3 cm³/mol. The molecule has 26 heavy (non-hydrogen) atoms. The molecule has 0 spiro atoms. The van der Waals surface area contributed by atoms with Gasteiger partial charge in [-0.3, -0.25) is 20.0 Å². The highest BCUT2D eigenvalue weighted by Gasteiger charge is 2.15. The number of phenols is 1. The van der Waals surface area contributed by atoms with Crippen LogP contribution >= 0.6 is 0 Å². The van der Waals surface area contributed by atoms with Gasteiger partial charge in [-0.1, -0.05) is 12.1 Å². The Labute approximate surface area is 147 Å². The van der Waals surface area contributed by atoms with Crippen molar-refractivity contribution >= 4 is 17.3 Å². The summed E-state index contributed by atoms with van der Waals surface area (Å²) in [4.78, 5) is 22.3. The fraction of sp³-hybridized carbons (Fsp3) is 0.0588. The minimum atomic E-state index is -0.638. The molecule has 0 aliphatic heterocycles. The summed E-state index contributed by atoms with van der Waals surface area (Å²) in [6.45, 7) is 0. The van der Waals surface area contributed by atoms with Gasteiger partial charge in [-0.25, -0.2) is 0 Å². The molecule has 0 saturated carbocycles. The first-order valence-electron chi connectivity index (χ1n) is 7.46. The number of carbonyl (C=O) groups excluding carboxylic acids is 1. The molecule has 0 fully saturated rings. The maximum Gasteiger partial charge on any atom is 0.273 e. The molecule has 132 valence electrons. The van der Waals surface area contributed by atoms with E-state index in [-0.39, 0.29) is 17.1 Å². The minimum absolute atomic E-state index is 0.0538. The monoisotopic (exact) mass is 354 g/mol. The Morgan fingerprint density at radius 2 is 2.08 bits per heavy atom. The smallest absolute Gasteiger partial charge is 0.273 e. The van der Waals surface area contributed by atoms with Gasteiger partial charge in [0.05, 0.1) is 29.5 Å². The third kappa shape index (κ3) is 3.46. The number of phenolic OH excluding ortho intramolecular Hbond substituents is 1. The molecule has 1 amide bonds. The van der Waals surface area contributed by atoms with E-state index >= 15 is 0 Å². The van der Waals surface area contributed by atoms with Crippen molar-refractivity contribution in [3.05, 3.63) is 64.3 Å². The number of hydrogen-bond acceptors (Lipinski definition) is 6. The molecule has 0 aliphatic rings. The number of amides is 1. The first kappa shape index (κ1) is 17.0. The Kier molecular flexibility index (Phi) is 4.52. The van der Waals surface area contributed by atoms with Gasteiger partial charge in [-0.15, -0.1) is 0 Å². The number of nitrogens with one attached hydrogen (secondary N) is 2. The number of ether oxygens (including phenoxy) is 1. The van der Waals surface area contributed by atoms with Crippen molar-refractivity contribution in [3.8, 4) is 22.8 Å². The van der Waals surface area contributed by atoms with Crippen LogP contribution in [0.15, 0.2) is 48.5 Å². The lowest BCUT2D eigenvalue weighted by Crippen LogP contribution is -2.12. The van der Waals surface area contributed by atoms with Crippen LogP contribution in [0.2, 0.25) is 0 Å². The summed E-state index contributed by atoms with van der Waals surface area (Å²) in [5, 5.41) is 29.7. The number of aromatic hydroxyl groups is 1.